The third-order valence-corrected chi connectivity index (χ3v) is 17.4. The van der Waals surface area contributed by atoms with Gasteiger partial charge in [-0.15, -0.1) is 0 Å². The Hall–Kier alpha value is -7.36. The standard InChI is InChI=1S/C74H73BN2/c1-70(2,3)53-38-54(71(4,5)6)41-57(40-53)76-63-34-47-22-18-16-20-45(47)32-61(63)75-62-33-46-21-17-19-23-48(46)35-64(62)77(58-42-55(72(7,8)9)39-56(43-58)73(10,11)12)66-37-52(36-65(76)69(66)75)51-30-49-25-24-44-27-29-60(74(13,14)15)59-28-26-50(31-51)67(49)68(44)59/h16-43H,1-15H3. The van der Waals surface area contributed by atoms with E-state index in [0.29, 0.717) is 0 Å². The lowest BCUT2D eigenvalue weighted by molar-refractivity contribution is 0.568. The minimum atomic E-state index is -0.0842. The molecule has 2 nitrogen and oxygen atoms in total. The van der Waals surface area contributed by atoms with Gasteiger partial charge in [-0.2, -0.15) is 0 Å². The van der Waals surface area contributed by atoms with Crippen molar-refractivity contribution >= 4 is 111 Å². The van der Waals surface area contributed by atoms with Gasteiger partial charge in [0, 0.05) is 34.1 Å². The Morgan fingerprint density at radius 3 is 1.09 bits per heavy atom. The van der Waals surface area contributed by atoms with Gasteiger partial charge in [0.05, 0.1) is 0 Å². The maximum absolute atomic E-state index is 2.67. The van der Waals surface area contributed by atoms with Crippen LogP contribution in [0.5, 0.6) is 0 Å². The Labute approximate surface area is 458 Å². The van der Waals surface area contributed by atoms with E-state index in [4.69, 9.17) is 0 Å². The zero-order valence-corrected chi connectivity index (χ0v) is 48.1. The molecule has 382 valence electrons. The highest BCUT2D eigenvalue weighted by Gasteiger charge is 2.45. The normalized spacial score (nSPS) is 14.1. The van der Waals surface area contributed by atoms with Crippen LogP contribution in [0.25, 0.3) is 65.0 Å². The van der Waals surface area contributed by atoms with Gasteiger partial charge in [-0.3, -0.25) is 0 Å². The highest BCUT2D eigenvalue weighted by atomic mass is 15.2. The smallest absolute Gasteiger partial charge is 0.252 e. The highest BCUT2D eigenvalue weighted by Crippen LogP contribution is 2.50. The van der Waals surface area contributed by atoms with Crippen LogP contribution in [0, 0.1) is 0 Å². The third-order valence-electron chi connectivity index (χ3n) is 17.4. The zero-order chi connectivity index (χ0) is 54.0. The molecule has 3 heteroatoms. The number of hydrogen-bond donors (Lipinski definition) is 0. The van der Waals surface area contributed by atoms with Crippen molar-refractivity contribution in [2.75, 3.05) is 9.80 Å². The molecule has 13 rings (SSSR count). The molecule has 0 atom stereocenters. The zero-order valence-electron chi connectivity index (χ0n) is 48.1. The van der Waals surface area contributed by atoms with Crippen LogP contribution in [0.4, 0.5) is 34.1 Å². The molecule has 11 aromatic rings. The molecule has 0 saturated carbocycles. The number of anilines is 6. The summed E-state index contributed by atoms with van der Waals surface area (Å²) >= 11 is 0. The van der Waals surface area contributed by atoms with Crippen molar-refractivity contribution in [3.8, 4) is 11.1 Å². The first kappa shape index (κ1) is 49.2. The van der Waals surface area contributed by atoms with Gasteiger partial charge in [-0.05, 0) is 197 Å². The van der Waals surface area contributed by atoms with Gasteiger partial charge in [0.15, 0.2) is 0 Å². The summed E-state index contributed by atoms with van der Waals surface area (Å²) in [7, 11) is 0. The first-order chi connectivity index (χ1) is 36.3. The maximum atomic E-state index is 2.67. The molecule has 0 radical (unpaired) electrons. The number of benzene rings is 11. The molecule has 2 heterocycles. The van der Waals surface area contributed by atoms with Gasteiger partial charge in [0.25, 0.3) is 6.71 Å². The minimum absolute atomic E-state index is 0.0174. The van der Waals surface area contributed by atoms with E-state index in [-0.39, 0.29) is 33.8 Å². The maximum Gasteiger partial charge on any atom is 0.252 e. The van der Waals surface area contributed by atoms with Crippen LogP contribution in [0.15, 0.2) is 170 Å². The Morgan fingerprint density at radius 2 is 0.675 bits per heavy atom. The summed E-state index contributed by atoms with van der Waals surface area (Å²) in [6.07, 6.45) is 0. The Bertz CT molecular complexity index is 3980. The van der Waals surface area contributed by atoms with Crippen LogP contribution in [-0.4, -0.2) is 6.71 Å². The van der Waals surface area contributed by atoms with Gasteiger partial charge in [-0.1, -0.05) is 213 Å². The van der Waals surface area contributed by atoms with Crippen molar-refractivity contribution in [3.63, 3.8) is 0 Å². The Kier molecular flexibility index (Phi) is 10.6. The second kappa shape index (κ2) is 16.6. The van der Waals surface area contributed by atoms with Gasteiger partial charge in [0.1, 0.15) is 0 Å². The molecule has 0 unspecified atom stereocenters. The van der Waals surface area contributed by atoms with Gasteiger partial charge < -0.3 is 9.80 Å². The van der Waals surface area contributed by atoms with Crippen LogP contribution < -0.4 is 26.2 Å². The SMILES string of the molecule is CC(C)(C)c1cc(N2c3cc4ccccc4cc3B3c4cc5ccccc5cc4N(c4cc(C(C)(C)C)cc(C(C)(C)C)c4)c4cc(-c5cc6ccc7ccc(C(C)(C)C)c8ccc(c5)c6c78)cc2c43)cc(C(C)(C)C)c1. The van der Waals surface area contributed by atoms with Crippen molar-refractivity contribution in [3.05, 3.63) is 198 Å². The number of nitrogens with zero attached hydrogens (tertiary/aromatic N) is 2. The van der Waals surface area contributed by atoms with Crippen molar-refractivity contribution < 1.29 is 0 Å². The average Bonchev–Trinajstić information content (AvgIpc) is 3.55. The van der Waals surface area contributed by atoms with Crippen LogP contribution in [0.2, 0.25) is 0 Å². The summed E-state index contributed by atoms with van der Waals surface area (Å²) in [5, 5.41) is 12.9. The van der Waals surface area contributed by atoms with E-state index in [2.05, 4.69) is 284 Å². The first-order valence-electron chi connectivity index (χ1n) is 28.2. The van der Waals surface area contributed by atoms with E-state index in [0.717, 1.165) is 0 Å². The third kappa shape index (κ3) is 7.97. The molecule has 0 saturated heterocycles. The number of rotatable bonds is 3. The monoisotopic (exact) mass is 1000 g/mol. The quantitative estimate of drug-likeness (QED) is 0.129. The molecule has 0 fully saturated rings. The largest absolute Gasteiger partial charge is 0.311 e. The van der Waals surface area contributed by atoms with Crippen LogP contribution >= 0.6 is 0 Å². The Morgan fingerprint density at radius 1 is 0.299 bits per heavy atom. The lowest BCUT2D eigenvalue weighted by Crippen LogP contribution is -2.61. The summed E-state index contributed by atoms with van der Waals surface area (Å²) < 4.78 is 0. The first-order valence-corrected chi connectivity index (χ1v) is 28.2. The lowest BCUT2D eigenvalue weighted by atomic mass is 9.33. The average molecular weight is 1000 g/mol. The molecule has 0 spiro atoms. The van der Waals surface area contributed by atoms with E-state index < -0.39 is 0 Å². The van der Waals surface area contributed by atoms with Crippen molar-refractivity contribution in [1.82, 2.24) is 0 Å². The van der Waals surface area contributed by atoms with Crippen molar-refractivity contribution in [2.24, 2.45) is 0 Å². The molecular weight excluding hydrogens is 928 g/mol. The van der Waals surface area contributed by atoms with Crippen molar-refractivity contribution in [2.45, 2.75) is 131 Å². The number of hydrogen-bond acceptors (Lipinski definition) is 2. The molecule has 2 aliphatic heterocycles. The second-order valence-electron chi connectivity index (χ2n) is 28.0. The van der Waals surface area contributed by atoms with Gasteiger partial charge in [-0.25, -0.2) is 0 Å². The van der Waals surface area contributed by atoms with Crippen molar-refractivity contribution in [1.29, 1.82) is 0 Å². The van der Waals surface area contributed by atoms with Gasteiger partial charge in [0.2, 0.25) is 0 Å². The fourth-order valence-corrected chi connectivity index (χ4v) is 12.9. The molecular formula is C74H73BN2. The molecule has 0 aromatic heterocycles. The topological polar surface area (TPSA) is 6.48 Å². The molecule has 77 heavy (non-hydrogen) atoms. The van der Waals surface area contributed by atoms with Crippen LogP contribution in [0.1, 0.15) is 132 Å². The Balaban J connectivity index is 1.20. The van der Waals surface area contributed by atoms with E-state index in [1.165, 1.54) is 143 Å². The summed E-state index contributed by atoms with van der Waals surface area (Å²) in [6.45, 7) is 35.3. The van der Waals surface area contributed by atoms with E-state index >= 15 is 0 Å². The highest BCUT2D eigenvalue weighted by molar-refractivity contribution is 7.00. The summed E-state index contributed by atoms with van der Waals surface area (Å²) in [6, 6.07) is 67.2. The van der Waals surface area contributed by atoms with Crippen LogP contribution in [0.3, 0.4) is 0 Å². The molecule has 2 aliphatic rings. The van der Waals surface area contributed by atoms with E-state index in [9.17, 15) is 0 Å². The van der Waals surface area contributed by atoms with Gasteiger partial charge >= 0.3 is 0 Å². The predicted octanol–water partition coefficient (Wildman–Crippen LogP) is 19.1. The lowest BCUT2D eigenvalue weighted by Gasteiger charge is -2.45. The predicted molar refractivity (Wildman–Crippen MR) is 338 cm³/mol. The van der Waals surface area contributed by atoms with E-state index in [1.807, 2.05) is 0 Å². The molecule has 0 N–H and O–H groups in total. The molecule has 0 aliphatic carbocycles. The second-order valence-corrected chi connectivity index (χ2v) is 28.0. The summed E-state index contributed by atoms with van der Waals surface area (Å²) in [5.41, 5.74) is 20.1. The molecule has 0 bridgehead atoms. The fraction of sp³-hybridized carbons (Fsp3) is 0.270. The summed E-state index contributed by atoms with van der Waals surface area (Å²) in [4.78, 5) is 5.33. The summed E-state index contributed by atoms with van der Waals surface area (Å²) in [5.74, 6) is 0. The van der Waals surface area contributed by atoms with Crippen LogP contribution in [-0.2, 0) is 27.1 Å². The molecule has 11 aromatic carbocycles. The molecule has 0 amide bonds. The van der Waals surface area contributed by atoms with E-state index in [1.54, 1.807) is 0 Å². The minimum Gasteiger partial charge on any atom is -0.311 e. The fourth-order valence-electron chi connectivity index (χ4n) is 12.9. The number of fused-ring (bicyclic) bond motifs is 6.